The minimum atomic E-state index is -1.17. The number of hydrogen-bond donors (Lipinski definition) is 0. The standard InChI is InChI=1S/C18H22Si/c1-2-3-4-11-16-19(17-12-7-5-8-13-17)18-14-9-6-10-15-18/h5-16,19H,2-4H2,1H3. The maximum absolute atomic E-state index is 2.49. The van der Waals surface area contributed by atoms with Gasteiger partial charge in [-0.3, -0.25) is 0 Å². The van der Waals surface area contributed by atoms with Crippen molar-refractivity contribution in [3.8, 4) is 0 Å². The van der Waals surface area contributed by atoms with Gasteiger partial charge in [0.2, 0.25) is 0 Å². The van der Waals surface area contributed by atoms with E-state index in [0.29, 0.717) is 0 Å². The van der Waals surface area contributed by atoms with Crippen molar-refractivity contribution in [2.45, 2.75) is 26.2 Å². The van der Waals surface area contributed by atoms with Crippen LogP contribution < -0.4 is 10.4 Å². The summed E-state index contributed by atoms with van der Waals surface area (Å²) < 4.78 is 0. The molecule has 2 aromatic rings. The summed E-state index contributed by atoms with van der Waals surface area (Å²) in [4.78, 5) is 0. The molecular weight excluding hydrogens is 244 g/mol. The largest absolute Gasteiger partial charge is 0.125 e. The number of unbranched alkanes of at least 4 members (excludes halogenated alkanes) is 2. The first kappa shape index (κ1) is 13.8. The molecule has 0 nitrogen and oxygen atoms in total. The lowest BCUT2D eigenvalue weighted by Gasteiger charge is -2.12. The van der Waals surface area contributed by atoms with Gasteiger partial charge in [0.25, 0.3) is 0 Å². The predicted octanol–water partition coefficient (Wildman–Crippen LogP) is 3.31. The molecule has 19 heavy (non-hydrogen) atoms. The Bertz CT molecular complexity index is 448. The zero-order valence-electron chi connectivity index (χ0n) is 11.6. The minimum Gasteiger partial charge on any atom is -0.0929 e. The molecule has 98 valence electrons. The Labute approximate surface area is 118 Å². The highest BCUT2D eigenvalue weighted by molar-refractivity contribution is 6.89. The molecule has 2 rings (SSSR count). The van der Waals surface area contributed by atoms with Gasteiger partial charge < -0.3 is 0 Å². The van der Waals surface area contributed by atoms with Gasteiger partial charge in [0.15, 0.2) is 0 Å². The van der Waals surface area contributed by atoms with Crippen molar-refractivity contribution < 1.29 is 0 Å². The van der Waals surface area contributed by atoms with Crippen LogP contribution in [0.3, 0.4) is 0 Å². The minimum absolute atomic E-state index is 1.17. The van der Waals surface area contributed by atoms with Crippen LogP contribution in [0.5, 0.6) is 0 Å². The van der Waals surface area contributed by atoms with E-state index in [2.05, 4.69) is 79.4 Å². The second kappa shape index (κ2) is 7.75. The fourth-order valence-corrected chi connectivity index (χ4v) is 4.86. The summed E-state index contributed by atoms with van der Waals surface area (Å²) in [6.07, 6.45) is 6.16. The summed E-state index contributed by atoms with van der Waals surface area (Å²) in [5.41, 5.74) is 2.49. The van der Waals surface area contributed by atoms with Crippen LogP contribution in [0.15, 0.2) is 72.4 Å². The van der Waals surface area contributed by atoms with E-state index in [0.717, 1.165) is 0 Å². The second-order valence-corrected chi connectivity index (χ2v) is 7.54. The van der Waals surface area contributed by atoms with Crippen LogP contribution in [0.2, 0.25) is 0 Å². The molecule has 0 aliphatic rings. The van der Waals surface area contributed by atoms with E-state index in [4.69, 9.17) is 0 Å². The van der Waals surface area contributed by atoms with E-state index >= 15 is 0 Å². The molecule has 0 aliphatic carbocycles. The van der Waals surface area contributed by atoms with Crippen molar-refractivity contribution >= 4 is 19.2 Å². The number of rotatable bonds is 6. The van der Waals surface area contributed by atoms with Gasteiger partial charge in [-0.1, -0.05) is 103 Å². The third kappa shape index (κ3) is 4.21. The highest BCUT2D eigenvalue weighted by Gasteiger charge is 2.11. The lowest BCUT2D eigenvalue weighted by Crippen LogP contribution is -2.40. The number of hydrogen-bond acceptors (Lipinski definition) is 0. The average molecular weight is 266 g/mol. The molecule has 0 saturated heterocycles. The summed E-state index contributed by atoms with van der Waals surface area (Å²) in [6.45, 7) is 2.25. The molecular formula is C18H22Si. The third-order valence-corrected chi connectivity index (χ3v) is 6.23. The lowest BCUT2D eigenvalue weighted by atomic mass is 10.2. The molecule has 0 aromatic heterocycles. The Kier molecular flexibility index (Phi) is 5.64. The maximum Gasteiger partial charge on any atom is 0.125 e. The van der Waals surface area contributed by atoms with Crippen molar-refractivity contribution in [2.75, 3.05) is 0 Å². The van der Waals surface area contributed by atoms with Crippen LogP contribution in [0, 0.1) is 0 Å². The first-order valence-electron chi connectivity index (χ1n) is 7.18. The fraction of sp³-hybridized carbons (Fsp3) is 0.222. The van der Waals surface area contributed by atoms with Crippen molar-refractivity contribution in [2.24, 2.45) is 0 Å². The smallest absolute Gasteiger partial charge is 0.0929 e. The molecule has 2 aromatic carbocycles. The Balaban J connectivity index is 2.22. The molecule has 0 saturated carbocycles. The van der Waals surface area contributed by atoms with Crippen LogP contribution in [-0.4, -0.2) is 8.80 Å². The van der Waals surface area contributed by atoms with Gasteiger partial charge in [0.05, 0.1) is 0 Å². The van der Waals surface area contributed by atoms with Crippen molar-refractivity contribution in [1.29, 1.82) is 0 Å². The van der Waals surface area contributed by atoms with Gasteiger partial charge in [0, 0.05) is 0 Å². The summed E-state index contributed by atoms with van der Waals surface area (Å²) in [5, 5.41) is 3.00. The summed E-state index contributed by atoms with van der Waals surface area (Å²) in [7, 11) is -1.17. The molecule has 0 atom stereocenters. The van der Waals surface area contributed by atoms with Crippen LogP contribution in [0.1, 0.15) is 26.2 Å². The van der Waals surface area contributed by atoms with E-state index < -0.39 is 8.80 Å². The Morgan fingerprint density at radius 2 is 1.37 bits per heavy atom. The molecule has 0 unspecified atom stereocenters. The molecule has 0 N–H and O–H groups in total. The molecule has 0 aliphatic heterocycles. The zero-order chi connectivity index (χ0) is 13.3. The molecule has 0 heterocycles. The predicted molar refractivity (Wildman–Crippen MR) is 88.0 cm³/mol. The van der Waals surface area contributed by atoms with Crippen LogP contribution >= 0.6 is 0 Å². The average Bonchev–Trinajstić information content (AvgIpc) is 2.49. The van der Waals surface area contributed by atoms with Crippen LogP contribution in [0.25, 0.3) is 0 Å². The SMILES string of the molecule is CCCCC=C[SiH](c1ccccc1)c1ccccc1. The monoisotopic (exact) mass is 266 g/mol. The normalized spacial score (nSPS) is 11.3. The van der Waals surface area contributed by atoms with Crippen molar-refractivity contribution in [3.63, 3.8) is 0 Å². The molecule has 0 amide bonds. The first-order chi connectivity index (χ1) is 9.42. The maximum atomic E-state index is 2.49. The number of allylic oxidation sites excluding steroid dienone is 1. The van der Waals surface area contributed by atoms with Gasteiger partial charge in [-0.25, -0.2) is 0 Å². The highest BCUT2D eigenvalue weighted by Crippen LogP contribution is 1.99. The van der Waals surface area contributed by atoms with Crippen LogP contribution in [0.4, 0.5) is 0 Å². The van der Waals surface area contributed by atoms with Gasteiger partial charge in [-0.15, -0.1) is 0 Å². The topological polar surface area (TPSA) is 0 Å². The lowest BCUT2D eigenvalue weighted by molar-refractivity contribution is 0.815. The zero-order valence-corrected chi connectivity index (χ0v) is 12.8. The van der Waals surface area contributed by atoms with Crippen molar-refractivity contribution in [3.05, 3.63) is 72.4 Å². The summed E-state index contributed by atoms with van der Waals surface area (Å²) in [6, 6.07) is 21.9. The first-order valence-corrected chi connectivity index (χ1v) is 9.00. The van der Waals surface area contributed by atoms with Crippen LogP contribution in [-0.2, 0) is 0 Å². The molecule has 0 spiro atoms. The summed E-state index contributed by atoms with van der Waals surface area (Å²) >= 11 is 0. The summed E-state index contributed by atoms with van der Waals surface area (Å²) in [5.74, 6) is 0. The van der Waals surface area contributed by atoms with Crippen molar-refractivity contribution in [1.82, 2.24) is 0 Å². The van der Waals surface area contributed by atoms with Gasteiger partial charge in [0.1, 0.15) is 8.80 Å². The Morgan fingerprint density at radius 3 is 1.84 bits per heavy atom. The van der Waals surface area contributed by atoms with Gasteiger partial charge in [-0.05, 0) is 6.42 Å². The fourth-order valence-electron chi connectivity index (χ4n) is 2.29. The quantitative estimate of drug-likeness (QED) is 0.556. The number of benzene rings is 2. The molecule has 1 heteroatoms. The van der Waals surface area contributed by atoms with E-state index in [-0.39, 0.29) is 0 Å². The van der Waals surface area contributed by atoms with E-state index in [9.17, 15) is 0 Å². The van der Waals surface area contributed by atoms with E-state index in [1.807, 2.05) is 0 Å². The van der Waals surface area contributed by atoms with E-state index in [1.165, 1.54) is 29.6 Å². The third-order valence-electron chi connectivity index (χ3n) is 3.37. The Hall–Kier alpha value is -1.60. The molecule has 0 fully saturated rings. The van der Waals surface area contributed by atoms with E-state index in [1.54, 1.807) is 0 Å². The second-order valence-electron chi connectivity index (χ2n) is 4.87. The molecule has 0 bridgehead atoms. The Morgan fingerprint density at radius 1 is 0.842 bits per heavy atom. The highest BCUT2D eigenvalue weighted by atomic mass is 28.3. The molecule has 0 radical (unpaired) electrons. The van der Waals surface area contributed by atoms with Gasteiger partial charge in [-0.2, -0.15) is 0 Å². The van der Waals surface area contributed by atoms with Gasteiger partial charge >= 0.3 is 0 Å².